The maximum Gasteiger partial charge on any atom is 0.289 e. The van der Waals surface area contributed by atoms with E-state index in [9.17, 15) is 8.78 Å². The predicted octanol–water partition coefficient (Wildman–Crippen LogP) is 2.18. The standard InChI is InChI=1S/C10H15F2N3/c1-6(2)15-8-5-13-4-7(8)9(14-15)10(3,11)12/h6,13H,4-5H2,1-3H3. The Labute approximate surface area is 87.5 Å². The fourth-order valence-corrected chi connectivity index (χ4v) is 1.96. The van der Waals surface area contributed by atoms with Gasteiger partial charge in [-0.2, -0.15) is 13.9 Å². The second-order valence-corrected chi connectivity index (χ2v) is 4.30. The monoisotopic (exact) mass is 215 g/mol. The summed E-state index contributed by atoms with van der Waals surface area (Å²) in [7, 11) is 0. The molecule has 0 bridgehead atoms. The molecule has 0 fully saturated rings. The van der Waals surface area contributed by atoms with Gasteiger partial charge in [0.2, 0.25) is 0 Å². The van der Waals surface area contributed by atoms with Crippen molar-refractivity contribution in [2.45, 2.75) is 45.8 Å². The molecule has 1 aromatic heterocycles. The molecule has 2 heterocycles. The highest BCUT2D eigenvalue weighted by molar-refractivity contribution is 5.32. The summed E-state index contributed by atoms with van der Waals surface area (Å²) in [5, 5.41) is 7.11. The molecule has 0 atom stereocenters. The summed E-state index contributed by atoms with van der Waals surface area (Å²) in [5.74, 6) is -2.85. The lowest BCUT2D eigenvalue weighted by molar-refractivity contribution is 0.0110. The molecule has 15 heavy (non-hydrogen) atoms. The highest BCUT2D eigenvalue weighted by Crippen LogP contribution is 2.33. The Kier molecular flexibility index (Phi) is 2.30. The lowest BCUT2D eigenvalue weighted by Crippen LogP contribution is -2.15. The molecule has 0 unspecified atom stereocenters. The minimum absolute atomic E-state index is 0.0730. The molecule has 84 valence electrons. The molecule has 0 saturated carbocycles. The number of aromatic nitrogens is 2. The highest BCUT2D eigenvalue weighted by Gasteiger charge is 2.35. The van der Waals surface area contributed by atoms with Gasteiger partial charge in [-0.3, -0.25) is 4.68 Å². The molecule has 2 rings (SSSR count). The minimum Gasteiger partial charge on any atom is -0.307 e. The zero-order chi connectivity index (χ0) is 11.2. The molecule has 0 spiro atoms. The van der Waals surface area contributed by atoms with Crippen LogP contribution in [0, 0.1) is 0 Å². The van der Waals surface area contributed by atoms with Crippen LogP contribution in [0.3, 0.4) is 0 Å². The van der Waals surface area contributed by atoms with E-state index in [0.29, 0.717) is 18.7 Å². The third-order valence-electron chi connectivity index (χ3n) is 2.62. The molecular weight excluding hydrogens is 200 g/mol. The van der Waals surface area contributed by atoms with E-state index in [1.807, 2.05) is 13.8 Å². The quantitative estimate of drug-likeness (QED) is 0.819. The molecule has 1 aliphatic rings. The van der Waals surface area contributed by atoms with Crippen LogP contribution in [0.5, 0.6) is 0 Å². The molecule has 3 nitrogen and oxygen atoms in total. The zero-order valence-corrected chi connectivity index (χ0v) is 9.14. The Bertz CT molecular complexity index is 377. The van der Waals surface area contributed by atoms with Gasteiger partial charge in [-0.05, 0) is 13.8 Å². The molecular formula is C10H15F2N3. The van der Waals surface area contributed by atoms with Gasteiger partial charge < -0.3 is 5.32 Å². The van der Waals surface area contributed by atoms with Gasteiger partial charge in [0.1, 0.15) is 5.69 Å². The van der Waals surface area contributed by atoms with Gasteiger partial charge in [0.25, 0.3) is 5.92 Å². The van der Waals surface area contributed by atoms with Crippen molar-refractivity contribution in [1.82, 2.24) is 15.1 Å². The Morgan fingerprint density at radius 2 is 2.07 bits per heavy atom. The van der Waals surface area contributed by atoms with Crippen LogP contribution in [0.1, 0.15) is 43.8 Å². The van der Waals surface area contributed by atoms with Crippen molar-refractivity contribution in [1.29, 1.82) is 0 Å². The lowest BCUT2D eigenvalue weighted by atomic mass is 10.1. The molecule has 1 N–H and O–H groups in total. The third kappa shape index (κ3) is 1.65. The molecule has 1 aromatic rings. The summed E-state index contributed by atoms with van der Waals surface area (Å²) in [6, 6.07) is 0.120. The average molecular weight is 215 g/mol. The van der Waals surface area contributed by atoms with Gasteiger partial charge in [-0.1, -0.05) is 0 Å². The second-order valence-electron chi connectivity index (χ2n) is 4.30. The van der Waals surface area contributed by atoms with Gasteiger partial charge in [-0.25, -0.2) is 0 Å². The van der Waals surface area contributed by atoms with Crippen molar-refractivity contribution in [2.24, 2.45) is 0 Å². The number of fused-ring (bicyclic) bond motifs is 1. The Morgan fingerprint density at radius 3 is 2.60 bits per heavy atom. The van der Waals surface area contributed by atoms with Crippen LogP contribution in [0.15, 0.2) is 0 Å². The first-order valence-electron chi connectivity index (χ1n) is 5.10. The van der Waals surface area contributed by atoms with Crippen molar-refractivity contribution in [2.75, 3.05) is 0 Å². The normalized spacial score (nSPS) is 16.1. The van der Waals surface area contributed by atoms with Crippen LogP contribution in [-0.2, 0) is 19.0 Å². The van der Waals surface area contributed by atoms with E-state index >= 15 is 0 Å². The van der Waals surface area contributed by atoms with Crippen molar-refractivity contribution < 1.29 is 8.78 Å². The molecule has 0 aliphatic carbocycles. The van der Waals surface area contributed by atoms with Crippen LogP contribution in [0.4, 0.5) is 8.78 Å². The van der Waals surface area contributed by atoms with Crippen LogP contribution in [0.25, 0.3) is 0 Å². The number of nitrogens with zero attached hydrogens (tertiary/aromatic N) is 2. The summed E-state index contributed by atoms with van der Waals surface area (Å²) in [4.78, 5) is 0. The van der Waals surface area contributed by atoms with Gasteiger partial charge in [-0.15, -0.1) is 0 Å². The van der Waals surface area contributed by atoms with Crippen LogP contribution in [0.2, 0.25) is 0 Å². The van der Waals surface area contributed by atoms with Gasteiger partial charge >= 0.3 is 0 Å². The van der Waals surface area contributed by atoms with E-state index in [4.69, 9.17) is 0 Å². The molecule has 0 saturated heterocycles. The zero-order valence-electron chi connectivity index (χ0n) is 9.14. The predicted molar refractivity (Wildman–Crippen MR) is 52.7 cm³/mol. The largest absolute Gasteiger partial charge is 0.307 e. The fraction of sp³-hybridized carbons (Fsp3) is 0.700. The van der Waals surface area contributed by atoms with Gasteiger partial charge in [0.15, 0.2) is 0 Å². The smallest absolute Gasteiger partial charge is 0.289 e. The van der Waals surface area contributed by atoms with Gasteiger partial charge in [0.05, 0.1) is 5.69 Å². The summed E-state index contributed by atoms with van der Waals surface area (Å²) in [5.41, 5.74) is 1.51. The van der Waals surface area contributed by atoms with Crippen molar-refractivity contribution in [3.8, 4) is 0 Å². The fourth-order valence-electron chi connectivity index (χ4n) is 1.96. The number of alkyl halides is 2. The van der Waals surface area contributed by atoms with Crippen LogP contribution in [-0.4, -0.2) is 9.78 Å². The first kappa shape index (κ1) is 10.5. The number of hydrogen-bond donors (Lipinski definition) is 1. The second kappa shape index (κ2) is 3.27. The van der Waals surface area contributed by atoms with Gasteiger partial charge in [0, 0.05) is 31.6 Å². The van der Waals surface area contributed by atoms with E-state index in [-0.39, 0.29) is 11.7 Å². The SMILES string of the molecule is CC(C)n1nc(C(C)(F)F)c2c1CNC2. The number of nitrogens with one attached hydrogen (secondary N) is 1. The Hall–Kier alpha value is -0.970. The maximum atomic E-state index is 13.3. The molecule has 0 amide bonds. The lowest BCUT2D eigenvalue weighted by Gasteiger charge is -2.10. The van der Waals surface area contributed by atoms with E-state index in [2.05, 4.69) is 10.4 Å². The summed E-state index contributed by atoms with van der Waals surface area (Å²) < 4.78 is 28.3. The number of halogens is 2. The van der Waals surface area contributed by atoms with E-state index in [0.717, 1.165) is 12.6 Å². The minimum atomic E-state index is -2.85. The number of hydrogen-bond acceptors (Lipinski definition) is 2. The van der Waals surface area contributed by atoms with Crippen molar-refractivity contribution in [3.05, 3.63) is 17.0 Å². The molecule has 5 heteroatoms. The molecule has 0 radical (unpaired) electrons. The third-order valence-corrected chi connectivity index (χ3v) is 2.62. The van der Waals surface area contributed by atoms with Crippen molar-refractivity contribution >= 4 is 0 Å². The summed E-state index contributed by atoms with van der Waals surface area (Å²) in [6.07, 6.45) is 0. The summed E-state index contributed by atoms with van der Waals surface area (Å²) >= 11 is 0. The van der Waals surface area contributed by atoms with Crippen molar-refractivity contribution in [3.63, 3.8) is 0 Å². The topological polar surface area (TPSA) is 29.9 Å². The van der Waals surface area contributed by atoms with E-state index in [1.165, 1.54) is 0 Å². The highest BCUT2D eigenvalue weighted by atomic mass is 19.3. The first-order chi connectivity index (χ1) is 6.91. The summed E-state index contributed by atoms with van der Waals surface area (Å²) in [6.45, 7) is 5.93. The van der Waals surface area contributed by atoms with Crippen LogP contribution < -0.4 is 5.32 Å². The van der Waals surface area contributed by atoms with Crippen LogP contribution >= 0.6 is 0 Å². The maximum absolute atomic E-state index is 13.3. The molecule has 1 aliphatic heterocycles. The molecule has 0 aromatic carbocycles. The number of rotatable bonds is 2. The van der Waals surface area contributed by atoms with E-state index in [1.54, 1.807) is 4.68 Å². The van der Waals surface area contributed by atoms with E-state index < -0.39 is 5.92 Å². The Morgan fingerprint density at radius 1 is 1.40 bits per heavy atom. The average Bonchev–Trinajstić information content (AvgIpc) is 2.57. The Balaban J connectivity index is 2.54. The first-order valence-corrected chi connectivity index (χ1v) is 5.10.